The number of carbonyl (C=O) groups excluding carboxylic acids is 1. The molecule has 0 spiro atoms. The van der Waals surface area contributed by atoms with E-state index in [0.717, 1.165) is 0 Å². The van der Waals surface area contributed by atoms with Gasteiger partial charge in [0.1, 0.15) is 11.9 Å². The molecule has 9 heteroatoms. The molecule has 2 rings (SSSR count). The lowest BCUT2D eigenvalue weighted by atomic mass is 10.0. The lowest BCUT2D eigenvalue weighted by Crippen LogP contribution is -2.41. The first kappa shape index (κ1) is 19.9. The molecule has 1 amide bonds. The number of hydrogen-bond donors (Lipinski definition) is 3. The Morgan fingerprint density at radius 1 is 1.27 bits per heavy atom. The number of benzene rings is 1. The molecule has 0 saturated heterocycles. The van der Waals surface area contributed by atoms with Crippen LogP contribution < -0.4 is 10.0 Å². The fourth-order valence-electron chi connectivity index (χ4n) is 2.64. The third kappa shape index (κ3) is 5.04. The molecule has 0 aromatic heterocycles. The Morgan fingerprint density at radius 2 is 1.96 bits per heavy atom. The van der Waals surface area contributed by atoms with Crippen LogP contribution in [0.4, 0.5) is 0 Å². The van der Waals surface area contributed by atoms with Crippen LogP contribution in [-0.2, 0) is 19.6 Å². The first-order valence-corrected chi connectivity index (χ1v) is 9.88. The highest BCUT2D eigenvalue weighted by molar-refractivity contribution is 7.90. The van der Waals surface area contributed by atoms with Crippen molar-refractivity contribution in [2.24, 2.45) is 10.9 Å². The van der Waals surface area contributed by atoms with E-state index >= 15 is 0 Å². The van der Waals surface area contributed by atoms with Crippen molar-refractivity contribution in [3.63, 3.8) is 0 Å². The summed E-state index contributed by atoms with van der Waals surface area (Å²) in [6.45, 7) is 4.03. The molecule has 0 radical (unpaired) electrons. The summed E-state index contributed by atoms with van der Waals surface area (Å²) in [6.07, 6.45) is 0.863. The fraction of sp³-hybridized carbons (Fsp3) is 0.471. The van der Waals surface area contributed by atoms with Gasteiger partial charge in [0, 0.05) is 18.5 Å². The number of aliphatic imine (C=N–C) groups is 1. The van der Waals surface area contributed by atoms with Gasteiger partial charge in [0.2, 0.25) is 5.91 Å². The summed E-state index contributed by atoms with van der Waals surface area (Å²) in [5.41, 5.74) is 0.514. The zero-order chi connectivity index (χ0) is 19.3. The van der Waals surface area contributed by atoms with Gasteiger partial charge >= 0.3 is 5.97 Å². The predicted octanol–water partition coefficient (Wildman–Crippen LogP) is 1.12. The van der Waals surface area contributed by atoms with E-state index in [-0.39, 0.29) is 35.5 Å². The number of carboxylic acid groups (broad SMARTS) is 1. The van der Waals surface area contributed by atoms with Gasteiger partial charge in [0.25, 0.3) is 10.0 Å². The van der Waals surface area contributed by atoms with Crippen molar-refractivity contribution in [3.8, 4) is 0 Å². The third-order valence-corrected chi connectivity index (χ3v) is 5.23. The minimum atomic E-state index is -3.57. The van der Waals surface area contributed by atoms with Crippen molar-refractivity contribution < 1.29 is 23.1 Å². The van der Waals surface area contributed by atoms with Crippen LogP contribution in [0.3, 0.4) is 0 Å². The second-order valence-corrected chi connectivity index (χ2v) is 8.17. The highest BCUT2D eigenvalue weighted by Gasteiger charge is 2.29. The first-order valence-electron chi connectivity index (χ1n) is 8.39. The van der Waals surface area contributed by atoms with Gasteiger partial charge in [-0.3, -0.25) is 14.5 Å². The fourth-order valence-corrected chi connectivity index (χ4v) is 3.89. The smallest absolute Gasteiger partial charge is 0.326 e. The van der Waals surface area contributed by atoms with Gasteiger partial charge in [-0.2, -0.15) is 0 Å². The first-order chi connectivity index (χ1) is 12.2. The number of nitrogens with zero attached hydrogens (tertiary/aromatic N) is 1. The molecule has 3 N–H and O–H groups in total. The monoisotopic (exact) mass is 381 g/mol. The molecule has 1 atom stereocenters. The van der Waals surface area contributed by atoms with Crippen LogP contribution in [0, 0.1) is 5.92 Å². The SMILES string of the molecule is CC(C)C[C@@H](NC(=O)CCCN=C1NS(=O)(=O)c2ccccc21)C(=O)O. The molecule has 0 aliphatic carbocycles. The normalized spacial score (nSPS) is 17.6. The molecular formula is C17H23N3O5S. The topological polar surface area (TPSA) is 125 Å². The highest BCUT2D eigenvalue weighted by atomic mass is 32.2. The Balaban J connectivity index is 1.88. The van der Waals surface area contributed by atoms with E-state index in [1.807, 2.05) is 13.8 Å². The number of amidine groups is 1. The highest BCUT2D eigenvalue weighted by Crippen LogP contribution is 2.22. The molecule has 0 fully saturated rings. The number of carboxylic acids is 1. The van der Waals surface area contributed by atoms with Gasteiger partial charge in [-0.25, -0.2) is 13.2 Å². The largest absolute Gasteiger partial charge is 0.480 e. The van der Waals surface area contributed by atoms with Crippen LogP contribution in [-0.4, -0.2) is 43.8 Å². The average Bonchev–Trinajstić information content (AvgIpc) is 2.82. The molecule has 0 saturated carbocycles. The molecule has 1 aliphatic rings. The molecule has 0 unspecified atom stereocenters. The van der Waals surface area contributed by atoms with E-state index in [9.17, 15) is 18.0 Å². The number of nitrogens with one attached hydrogen (secondary N) is 2. The summed E-state index contributed by atoms with van der Waals surface area (Å²) in [6, 6.07) is 5.64. The van der Waals surface area contributed by atoms with Crippen molar-refractivity contribution in [1.82, 2.24) is 10.0 Å². The second-order valence-electron chi connectivity index (χ2n) is 6.52. The van der Waals surface area contributed by atoms with Crippen molar-refractivity contribution in [3.05, 3.63) is 29.8 Å². The van der Waals surface area contributed by atoms with Crippen molar-refractivity contribution in [2.45, 2.75) is 44.0 Å². The van der Waals surface area contributed by atoms with E-state index in [1.165, 1.54) is 6.07 Å². The molecule has 0 bridgehead atoms. The third-order valence-electron chi connectivity index (χ3n) is 3.84. The number of carbonyl (C=O) groups is 2. The standard InChI is InChI=1S/C17H23N3O5S/c1-11(2)10-13(17(22)23)19-15(21)8-5-9-18-16-12-6-3-4-7-14(12)26(24,25)20-16/h3-4,6-7,11,13H,5,8-10H2,1-2H3,(H,18,20)(H,19,21)(H,22,23)/t13-/m1/s1. The summed E-state index contributed by atoms with van der Waals surface area (Å²) in [4.78, 5) is 27.5. The summed E-state index contributed by atoms with van der Waals surface area (Å²) in [7, 11) is -3.57. The zero-order valence-corrected chi connectivity index (χ0v) is 15.5. The lowest BCUT2D eigenvalue weighted by molar-refractivity contribution is -0.142. The summed E-state index contributed by atoms with van der Waals surface area (Å²) < 4.78 is 26.3. The summed E-state index contributed by atoms with van der Waals surface area (Å²) in [5.74, 6) is -0.989. The zero-order valence-electron chi connectivity index (χ0n) is 14.7. The second kappa shape index (κ2) is 8.31. The average molecular weight is 381 g/mol. The van der Waals surface area contributed by atoms with Crippen LogP contribution in [0.5, 0.6) is 0 Å². The van der Waals surface area contributed by atoms with Crippen LogP contribution >= 0.6 is 0 Å². The Bertz CT molecular complexity index is 817. The predicted molar refractivity (Wildman–Crippen MR) is 96.4 cm³/mol. The Kier molecular flexibility index (Phi) is 6.36. The van der Waals surface area contributed by atoms with E-state index in [4.69, 9.17) is 5.11 Å². The molecule has 26 heavy (non-hydrogen) atoms. The molecule has 142 valence electrons. The van der Waals surface area contributed by atoms with Gasteiger partial charge in [-0.1, -0.05) is 26.0 Å². The molecular weight excluding hydrogens is 358 g/mol. The number of sulfonamides is 1. The molecule has 1 aromatic rings. The molecule has 1 heterocycles. The number of aliphatic carboxylic acids is 1. The molecule has 1 aliphatic heterocycles. The maximum Gasteiger partial charge on any atom is 0.326 e. The maximum absolute atomic E-state index is 12.0. The summed E-state index contributed by atoms with van der Waals surface area (Å²) >= 11 is 0. The number of rotatable bonds is 8. The lowest BCUT2D eigenvalue weighted by Gasteiger charge is -2.16. The van der Waals surface area contributed by atoms with Gasteiger partial charge in [0.15, 0.2) is 0 Å². The van der Waals surface area contributed by atoms with Crippen LogP contribution in [0.25, 0.3) is 0 Å². The van der Waals surface area contributed by atoms with E-state index in [2.05, 4.69) is 15.0 Å². The molecule has 1 aromatic carbocycles. The minimum absolute atomic E-state index is 0.118. The van der Waals surface area contributed by atoms with Crippen molar-refractivity contribution in [1.29, 1.82) is 0 Å². The Labute approximate surface area is 152 Å². The number of hydrogen-bond acceptors (Lipinski definition) is 5. The van der Waals surface area contributed by atoms with Crippen LogP contribution in [0.1, 0.15) is 38.7 Å². The quantitative estimate of drug-likeness (QED) is 0.582. The van der Waals surface area contributed by atoms with Crippen molar-refractivity contribution in [2.75, 3.05) is 6.54 Å². The van der Waals surface area contributed by atoms with Gasteiger partial charge in [-0.15, -0.1) is 0 Å². The van der Waals surface area contributed by atoms with Gasteiger partial charge in [-0.05, 0) is 30.9 Å². The number of fused-ring (bicyclic) bond motifs is 1. The van der Waals surface area contributed by atoms with Gasteiger partial charge < -0.3 is 10.4 Å². The van der Waals surface area contributed by atoms with E-state index in [0.29, 0.717) is 18.4 Å². The maximum atomic E-state index is 12.0. The minimum Gasteiger partial charge on any atom is -0.480 e. The Morgan fingerprint density at radius 3 is 2.62 bits per heavy atom. The van der Waals surface area contributed by atoms with Crippen LogP contribution in [0.2, 0.25) is 0 Å². The van der Waals surface area contributed by atoms with Gasteiger partial charge in [0.05, 0.1) is 4.90 Å². The molecule has 8 nitrogen and oxygen atoms in total. The van der Waals surface area contributed by atoms with E-state index in [1.54, 1.807) is 18.2 Å². The summed E-state index contributed by atoms with van der Waals surface area (Å²) in [5, 5.41) is 11.6. The number of amides is 1. The van der Waals surface area contributed by atoms with Crippen molar-refractivity contribution >= 4 is 27.7 Å². The van der Waals surface area contributed by atoms with Crippen LogP contribution in [0.15, 0.2) is 34.2 Å². The Hall–Kier alpha value is -2.42. The van der Waals surface area contributed by atoms with E-state index < -0.39 is 22.0 Å².